The lowest BCUT2D eigenvalue weighted by molar-refractivity contribution is -0.00522. The van der Waals surface area contributed by atoms with Crippen LogP contribution < -0.4 is 0 Å². The summed E-state index contributed by atoms with van der Waals surface area (Å²) < 4.78 is 83.9. The molecular formula is C40H126O15Si17. The van der Waals surface area contributed by atoms with Crippen molar-refractivity contribution in [1.82, 2.24) is 0 Å². The van der Waals surface area contributed by atoms with E-state index in [1.165, 1.54) is 0 Å². The highest BCUT2D eigenvalue weighted by molar-refractivity contribution is 6.83. The van der Waals surface area contributed by atoms with Crippen LogP contribution in [0.2, 0.25) is 208 Å². The standard InChI is InChI=1S/C11H38O6Si7.C10H28O3Si3.C9H26O4Si3.C7H22O2Si3.C2H8Si.CH4/c1-18-13-24(16-21(6)7,17-22(8)9)11-10-23(12,14-19(2)3)15-20(4)5;1-10(11-14(2,3)4)12-16(8,9)13-15(5,6)7;1-8-10-16(11-9(2)3,12-14(4)5)13-15(6)7;1-10(8-11(2,3)4)9-12(5,6)7;1-3-2;/h12,19-22H,10-11,18H2,1-9H3;10H,1-9H3;9,14-15H,8H2,1-7H3;10H,1-7H3;3H2,1-2H3;1H4. The predicted molar refractivity (Wildman–Crippen MR) is 358 cm³/mol. The van der Waals surface area contributed by atoms with E-state index in [1.54, 1.807) is 0 Å². The molecule has 0 aliphatic rings. The lowest BCUT2D eigenvalue weighted by Crippen LogP contribution is -2.55. The molecule has 0 aromatic heterocycles. The highest BCUT2D eigenvalue weighted by atomic mass is 28.5. The molecule has 0 heterocycles. The fourth-order valence-electron chi connectivity index (χ4n) is 6.35. The zero-order valence-electron chi connectivity index (χ0n) is 52.9. The average molecular weight is 1320 g/mol. The highest BCUT2D eigenvalue weighted by Gasteiger charge is 2.49. The van der Waals surface area contributed by atoms with Crippen LogP contribution in [0.3, 0.4) is 0 Å². The average Bonchev–Trinajstić information content (AvgIpc) is 3.02. The van der Waals surface area contributed by atoms with E-state index in [2.05, 4.69) is 196 Å². The van der Waals surface area contributed by atoms with Crippen LogP contribution in [-0.2, 0) is 58.9 Å². The van der Waals surface area contributed by atoms with E-state index < -0.39 is 142 Å². The van der Waals surface area contributed by atoms with Crippen molar-refractivity contribution in [2.24, 2.45) is 0 Å². The summed E-state index contributed by atoms with van der Waals surface area (Å²) in [5, 5.41) is 0. The van der Waals surface area contributed by atoms with Gasteiger partial charge in [0.2, 0.25) is 0 Å². The molecule has 0 radical (unpaired) electrons. The molecule has 0 spiro atoms. The van der Waals surface area contributed by atoms with Crippen molar-refractivity contribution in [3.05, 3.63) is 0 Å². The van der Waals surface area contributed by atoms with Gasteiger partial charge in [0.15, 0.2) is 87.5 Å². The number of hydrogen-bond donors (Lipinski definition) is 1. The minimum atomic E-state index is -3.15. The summed E-state index contributed by atoms with van der Waals surface area (Å²) in [4.78, 5) is 11.0. The maximum atomic E-state index is 11.0. The molecule has 0 saturated heterocycles. The van der Waals surface area contributed by atoms with E-state index in [1.807, 2.05) is 27.7 Å². The number of hydrogen-bond acceptors (Lipinski definition) is 15. The van der Waals surface area contributed by atoms with Gasteiger partial charge in [0.25, 0.3) is 9.28 Å². The molecule has 1 unspecified atom stereocenters. The largest absolute Gasteiger partial charge is 0.658 e. The molecule has 32 heteroatoms. The first-order chi connectivity index (χ1) is 31.6. The summed E-state index contributed by atoms with van der Waals surface area (Å²) in [6, 6.07) is 1.11. The van der Waals surface area contributed by atoms with Crippen molar-refractivity contribution in [1.29, 1.82) is 0 Å². The van der Waals surface area contributed by atoms with Crippen LogP contribution in [0.4, 0.5) is 0 Å². The molecule has 1 N–H and O–H groups in total. The molecule has 0 aromatic rings. The van der Waals surface area contributed by atoms with E-state index in [0.29, 0.717) is 28.2 Å². The van der Waals surface area contributed by atoms with Gasteiger partial charge in [-0.3, -0.25) is 0 Å². The molecule has 15 nitrogen and oxygen atoms in total. The van der Waals surface area contributed by atoms with Crippen molar-refractivity contribution in [3.63, 3.8) is 0 Å². The zero-order valence-corrected chi connectivity index (χ0v) is 71.8. The van der Waals surface area contributed by atoms with Crippen molar-refractivity contribution in [2.75, 3.05) is 6.61 Å². The van der Waals surface area contributed by atoms with Crippen molar-refractivity contribution < 1.29 is 63.7 Å². The summed E-state index contributed by atoms with van der Waals surface area (Å²) in [7, 11) is -26.0. The molecular weight excluding hydrogens is 1200 g/mol. The van der Waals surface area contributed by atoms with Crippen LogP contribution in [0.5, 0.6) is 0 Å². The first-order valence-corrected chi connectivity index (χ1v) is 72.3. The van der Waals surface area contributed by atoms with E-state index in [9.17, 15) is 4.80 Å². The summed E-state index contributed by atoms with van der Waals surface area (Å²) >= 11 is 0. The Balaban J connectivity index is -0.000000202. The SMILES string of the molecule is C.CC(O[Si](C)(C)C)O[Si](C)(C)O[Si](C)(C)C.CCO[Si](OC(C)C)(O[SiH](C)C)O[SiH](C)C.C[SiH2]C.C[SiH2]O[Si](CC[Si](O)(O[SiH](C)C)O[SiH](C)C)(O[SiH](C)C)O[SiH](C)C.C[SiH](O[Si](C)(C)C)O[Si](C)(C)C. The van der Waals surface area contributed by atoms with Crippen LogP contribution in [0.25, 0.3) is 0 Å². The second kappa shape index (κ2) is 42.0. The first kappa shape index (κ1) is 86.3. The Morgan fingerprint density at radius 2 is 0.806 bits per heavy atom. The third kappa shape index (κ3) is 60.7. The first-order valence-electron chi connectivity index (χ1n) is 26.7. The smallest absolute Gasteiger partial charge is 0.439 e. The second-order valence-electron chi connectivity index (χ2n) is 23.7. The van der Waals surface area contributed by atoms with Gasteiger partial charge >= 0.3 is 35.2 Å². The summed E-state index contributed by atoms with van der Waals surface area (Å²) in [5.74, 6) is 0. The van der Waals surface area contributed by atoms with Crippen molar-refractivity contribution in [3.8, 4) is 0 Å². The van der Waals surface area contributed by atoms with Gasteiger partial charge in [-0.25, -0.2) is 0 Å². The monoisotopic (exact) mass is 1320 g/mol. The van der Waals surface area contributed by atoms with Crippen LogP contribution in [0.15, 0.2) is 0 Å². The molecule has 0 fully saturated rings. The van der Waals surface area contributed by atoms with Crippen molar-refractivity contribution >= 4 is 151 Å². The lowest BCUT2D eigenvalue weighted by Gasteiger charge is -2.36. The van der Waals surface area contributed by atoms with E-state index in [4.69, 9.17) is 58.9 Å². The zero-order chi connectivity index (χ0) is 57.6. The molecule has 0 aliphatic heterocycles. The Hall–Kier alpha value is 3.09. The molecule has 0 saturated carbocycles. The fourth-order valence-corrected chi connectivity index (χ4v) is 51.9. The van der Waals surface area contributed by atoms with Crippen LogP contribution >= 0.6 is 0 Å². The molecule has 72 heavy (non-hydrogen) atoms. The predicted octanol–water partition coefficient (Wildman–Crippen LogP) is 10.1. The Labute approximate surface area is 474 Å². The van der Waals surface area contributed by atoms with Gasteiger partial charge in [0.05, 0.1) is 0 Å². The highest BCUT2D eigenvalue weighted by Crippen LogP contribution is 2.27. The van der Waals surface area contributed by atoms with Crippen LogP contribution in [0.1, 0.15) is 35.1 Å². The third-order valence-corrected chi connectivity index (χ3v) is 47.5. The fraction of sp³-hybridized carbons (Fsp3) is 1.00. The van der Waals surface area contributed by atoms with E-state index >= 15 is 0 Å². The van der Waals surface area contributed by atoms with Gasteiger partial charge < -0.3 is 63.7 Å². The summed E-state index contributed by atoms with van der Waals surface area (Å²) in [6.45, 7) is 73.0. The second-order valence-corrected chi connectivity index (χ2v) is 74.4. The molecule has 0 amide bonds. The minimum absolute atomic E-state index is 0. The van der Waals surface area contributed by atoms with Crippen LogP contribution in [-0.4, -0.2) is 175 Å². The molecule has 0 aliphatic carbocycles. The van der Waals surface area contributed by atoms with Crippen molar-refractivity contribution in [2.45, 2.75) is 256 Å². The molecule has 444 valence electrons. The van der Waals surface area contributed by atoms with Gasteiger partial charge in [0, 0.05) is 34.3 Å². The summed E-state index contributed by atoms with van der Waals surface area (Å²) in [6.07, 6.45) is -0.0802. The summed E-state index contributed by atoms with van der Waals surface area (Å²) in [5.41, 5.74) is 0. The molecule has 0 bridgehead atoms. The normalized spacial score (nSPS) is 13.9. The Kier molecular flexibility index (Phi) is 50.4. The van der Waals surface area contributed by atoms with Gasteiger partial charge in [-0.1, -0.05) is 27.1 Å². The Bertz CT molecular complexity index is 1210. The lowest BCUT2D eigenvalue weighted by atomic mass is 10.5. The van der Waals surface area contributed by atoms with Gasteiger partial charge in [-0.05, 0) is 204 Å². The molecule has 0 aromatic carbocycles. The Morgan fingerprint density at radius 3 is 1.06 bits per heavy atom. The maximum Gasteiger partial charge on any atom is 0.658 e. The quantitative estimate of drug-likeness (QED) is 0.0518. The van der Waals surface area contributed by atoms with E-state index in [0.717, 1.165) is 0 Å². The number of rotatable bonds is 31. The Morgan fingerprint density at radius 1 is 0.458 bits per heavy atom. The van der Waals surface area contributed by atoms with Gasteiger partial charge in [-0.2, -0.15) is 0 Å². The van der Waals surface area contributed by atoms with Gasteiger partial charge in [0.1, 0.15) is 16.1 Å². The topological polar surface area (TPSA) is 149 Å². The van der Waals surface area contributed by atoms with Crippen LogP contribution in [0, 0.1) is 0 Å². The maximum absolute atomic E-state index is 11.0. The molecule has 0 rings (SSSR count). The van der Waals surface area contributed by atoms with Gasteiger partial charge in [-0.15, -0.1) is 0 Å². The molecule has 1 atom stereocenters. The minimum Gasteiger partial charge on any atom is -0.439 e. The third-order valence-electron chi connectivity index (χ3n) is 6.80. The van der Waals surface area contributed by atoms with E-state index in [-0.39, 0.29) is 19.8 Å².